The average molecular weight is 419 g/mol. The summed E-state index contributed by atoms with van der Waals surface area (Å²) in [6.07, 6.45) is 1.13. The van der Waals surface area contributed by atoms with Crippen molar-refractivity contribution >= 4 is 0 Å². The molecule has 0 bridgehead atoms. The van der Waals surface area contributed by atoms with Gasteiger partial charge in [-0.3, -0.25) is 0 Å². The third kappa shape index (κ3) is 6.27. The third-order valence-electron chi connectivity index (χ3n) is 5.56. The summed E-state index contributed by atoms with van der Waals surface area (Å²) in [6, 6.07) is 31.2. The molecule has 0 N–H and O–H groups in total. The van der Waals surface area contributed by atoms with Gasteiger partial charge in [0, 0.05) is 6.61 Å². The highest BCUT2D eigenvalue weighted by Crippen LogP contribution is 2.40. The molecule has 3 aromatic carbocycles. The molecule has 0 aromatic heterocycles. The van der Waals surface area contributed by atoms with Gasteiger partial charge in [0.1, 0.15) is 5.60 Å². The van der Waals surface area contributed by atoms with Crippen molar-refractivity contribution in [3.63, 3.8) is 0 Å². The summed E-state index contributed by atoms with van der Waals surface area (Å²) in [5.41, 5.74) is 2.61. The fourth-order valence-electron chi connectivity index (χ4n) is 3.64. The Morgan fingerprint density at radius 2 is 1.03 bits per heavy atom. The standard InChI is InChI=1S/C28H34O3/c1-3-24(2)23-30-20-19-29-21-22-31-28(25-13-7-4-8-14-25,26-15-9-5-10-16-26)27-17-11-6-12-18-27/h4-18,24H,3,19-23H2,1-2H3. The number of ether oxygens (including phenoxy) is 3. The van der Waals surface area contributed by atoms with Crippen LogP contribution in [0.1, 0.15) is 37.0 Å². The molecule has 0 amide bonds. The van der Waals surface area contributed by atoms with Gasteiger partial charge in [-0.2, -0.15) is 0 Å². The van der Waals surface area contributed by atoms with Crippen LogP contribution < -0.4 is 0 Å². The molecular formula is C28H34O3. The van der Waals surface area contributed by atoms with Crippen LogP contribution in [0.5, 0.6) is 0 Å². The summed E-state index contributed by atoms with van der Waals surface area (Å²) < 4.78 is 18.2. The van der Waals surface area contributed by atoms with Crippen molar-refractivity contribution in [1.29, 1.82) is 0 Å². The molecule has 0 aliphatic carbocycles. The van der Waals surface area contributed by atoms with E-state index in [0.29, 0.717) is 32.3 Å². The van der Waals surface area contributed by atoms with Crippen LogP contribution in [0.4, 0.5) is 0 Å². The molecule has 3 aromatic rings. The van der Waals surface area contributed by atoms with E-state index < -0.39 is 5.60 Å². The number of hydrogen-bond donors (Lipinski definition) is 0. The predicted molar refractivity (Wildman–Crippen MR) is 126 cm³/mol. The molecule has 3 nitrogen and oxygen atoms in total. The Kier molecular flexibility index (Phi) is 9.29. The highest BCUT2D eigenvalue weighted by atomic mass is 16.5. The van der Waals surface area contributed by atoms with E-state index in [2.05, 4.69) is 86.6 Å². The smallest absolute Gasteiger partial charge is 0.143 e. The van der Waals surface area contributed by atoms with E-state index in [-0.39, 0.29) is 0 Å². The zero-order valence-electron chi connectivity index (χ0n) is 18.7. The second-order valence-corrected chi connectivity index (χ2v) is 7.83. The SMILES string of the molecule is CCC(C)COCCOCCOC(c1ccccc1)(c1ccccc1)c1ccccc1. The summed E-state index contributed by atoms with van der Waals surface area (Å²) in [6.45, 7) is 7.35. The molecule has 31 heavy (non-hydrogen) atoms. The van der Waals surface area contributed by atoms with Gasteiger partial charge in [0.2, 0.25) is 0 Å². The lowest BCUT2D eigenvalue weighted by Gasteiger charge is -2.36. The molecule has 0 heterocycles. The van der Waals surface area contributed by atoms with Gasteiger partial charge in [0.15, 0.2) is 0 Å². The first-order chi connectivity index (χ1) is 15.3. The van der Waals surface area contributed by atoms with Crippen LogP contribution in [-0.2, 0) is 19.8 Å². The lowest BCUT2D eigenvalue weighted by atomic mass is 9.80. The fraction of sp³-hybridized carbons (Fsp3) is 0.357. The van der Waals surface area contributed by atoms with Gasteiger partial charge in [0.25, 0.3) is 0 Å². The van der Waals surface area contributed by atoms with Gasteiger partial charge in [-0.05, 0) is 22.6 Å². The largest absolute Gasteiger partial charge is 0.379 e. The quantitative estimate of drug-likeness (QED) is 0.249. The van der Waals surface area contributed by atoms with E-state index in [1.165, 1.54) is 0 Å². The lowest BCUT2D eigenvalue weighted by Crippen LogP contribution is -2.34. The van der Waals surface area contributed by atoms with E-state index in [0.717, 1.165) is 29.7 Å². The maximum Gasteiger partial charge on any atom is 0.143 e. The minimum Gasteiger partial charge on any atom is -0.379 e. The van der Waals surface area contributed by atoms with Gasteiger partial charge < -0.3 is 14.2 Å². The molecule has 1 unspecified atom stereocenters. The van der Waals surface area contributed by atoms with Gasteiger partial charge >= 0.3 is 0 Å². The zero-order valence-corrected chi connectivity index (χ0v) is 18.7. The first-order valence-electron chi connectivity index (χ1n) is 11.2. The second kappa shape index (κ2) is 12.4. The van der Waals surface area contributed by atoms with Gasteiger partial charge in [-0.1, -0.05) is 111 Å². The van der Waals surface area contributed by atoms with Crippen LogP contribution in [0.3, 0.4) is 0 Å². The summed E-state index contributed by atoms with van der Waals surface area (Å²) in [5.74, 6) is 0.589. The molecule has 0 aliphatic heterocycles. The third-order valence-corrected chi connectivity index (χ3v) is 5.56. The molecule has 0 saturated heterocycles. The number of hydrogen-bond acceptors (Lipinski definition) is 3. The van der Waals surface area contributed by atoms with Gasteiger partial charge in [-0.25, -0.2) is 0 Å². The van der Waals surface area contributed by atoms with Crippen LogP contribution in [-0.4, -0.2) is 33.0 Å². The van der Waals surface area contributed by atoms with Crippen molar-refractivity contribution in [1.82, 2.24) is 0 Å². The van der Waals surface area contributed by atoms with Crippen molar-refractivity contribution in [3.8, 4) is 0 Å². The van der Waals surface area contributed by atoms with Crippen LogP contribution in [0, 0.1) is 5.92 Å². The van der Waals surface area contributed by atoms with E-state index in [1.54, 1.807) is 0 Å². The van der Waals surface area contributed by atoms with Crippen molar-refractivity contribution in [2.45, 2.75) is 25.9 Å². The van der Waals surface area contributed by atoms with Crippen molar-refractivity contribution < 1.29 is 14.2 Å². The topological polar surface area (TPSA) is 27.7 Å². The van der Waals surface area contributed by atoms with E-state index in [4.69, 9.17) is 14.2 Å². The first kappa shape index (κ1) is 23.2. The average Bonchev–Trinajstić information content (AvgIpc) is 2.85. The summed E-state index contributed by atoms with van der Waals surface area (Å²) in [7, 11) is 0. The Labute approximate surface area is 187 Å². The van der Waals surface area contributed by atoms with E-state index >= 15 is 0 Å². The Balaban J connectivity index is 1.73. The Morgan fingerprint density at radius 1 is 0.613 bits per heavy atom. The molecule has 0 spiro atoms. The Morgan fingerprint density at radius 3 is 1.48 bits per heavy atom. The molecule has 0 aliphatic rings. The van der Waals surface area contributed by atoms with Crippen LogP contribution in [0.2, 0.25) is 0 Å². The second-order valence-electron chi connectivity index (χ2n) is 7.83. The van der Waals surface area contributed by atoms with Crippen LogP contribution in [0.15, 0.2) is 91.0 Å². The normalized spacial score (nSPS) is 12.6. The molecule has 164 valence electrons. The monoisotopic (exact) mass is 418 g/mol. The highest BCUT2D eigenvalue weighted by molar-refractivity contribution is 5.47. The highest BCUT2D eigenvalue weighted by Gasteiger charge is 2.37. The van der Waals surface area contributed by atoms with Crippen molar-refractivity contribution in [2.75, 3.05) is 33.0 Å². The van der Waals surface area contributed by atoms with Crippen LogP contribution >= 0.6 is 0 Å². The zero-order chi connectivity index (χ0) is 21.8. The number of benzene rings is 3. The maximum absolute atomic E-state index is 6.68. The molecule has 0 fully saturated rings. The Bertz CT molecular complexity index is 753. The van der Waals surface area contributed by atoms with Gasteiger partial charge in [0.05, 0.1) is 26.4 Å². The predicted octanol–water partition coefficient (Wildman–Crippen LogP) is 6.07. The summed E-state index contributed by atoms with van der Waals surface area (Å²) in [4.78, 5) is 0. The minimum absolute atomic E-state index is 0.476. The fourth-order valence-corrected chi connectivity index (χ4v) is 3.64. The van der Waals surface area contributed by atoms with E-state index in [1.807, 2.05) is 18.2 Å². The molecule has 3 rings (SSSR count). The molecule has 0 saturated carbocycles. The lowest BCUT2D eigenvalue weighted by molar-refractivity contribution is -0.0349. The van der Waals surface area contributed by atoms with Crippen LogP contribution in [0.25, 0.3) is 0 Å². The molecule has 1 atom stereocenters. The van der Waals surface area contributed by atoms with Gasteiger partial charge in [-0.15, -0.1) is 0 Å². The van der Waals surface area contributed by atoms with Crippen molar-refractivity contribution in [3.05, 3.63) is 108 Å². The Hall–Kier alpha value is -2.46. The first-order valence-corrected chi connectivity index (χ1v) is 11.2. The summed E-state index contributed by atoms with van der Waals surface area (Å²) in [5, 5.41) is 0. The van der Waals surface area contributed by atoms with Crippen molar-refractivity contribution in [2.24, 2.45) is 5.92 Å². The molecular weight excluding hydrogens is 384 g/mol. The van der Waals surface area contributed by atoms with E-state index in [9.17, 15) is 0 Å². The minimum atomic E-state index is -0.694. The summed E-state index contributed by atoms with van der Waals surface area (Å²) >= 11 is 0. The number of rotatable bonds is 13. The maximum atomic E-state index is 6.68. The molecule has 3 heteroatoms. The molecule has 0 radical (unpaired) electrons.